The average Bonchev–Trinajstić information content (AvgIpc) is 2.68. The molecule has 1 amide bonds. The van der Waals surface area contributed by atoms with Gasteiger partial charge in [0.2, 0.25) is 5.95 Å². The summed E-state index contributed by atoms with van der Waals surface area (Å²) in [5.41, 5.74) is 0.992. The van der Waals surface area contributed by atoms with Crippen LogP contribution in [0.3, 0.4) is 0 Å². The largest absolute Gasteiger partial charge is 0.416 e. The summed E-state index contributed by atoms with van der Waals surface area (Å²) in [4.78, 5) is 22.1. The van der Waals surface area contributed by atoms with Crippen molar-refractivity contribution in [3.63, 3.8) is 0 Å². The van der Waals surface area contributed by atoms with Crippen LogP contribution in [0.15, 0.2) is 67.0 Å². The maximum atomic E-state index is 12.6. The van der Waals surface area contributed by atoms with Crippen LogP contribution in [-0.4, -0.2) is 27.8 Å². The van der Waals surface area contributed by atoms with E-state index in [-0.39, 0.29) is 11.9 Å². The van der Waals surface area contributed by atoms with E-state index in [4.69, 9.17) is 0 Å². The zero-order chi connectivity index (χ0) is 20.1. The second-order valence-electron chi connectivity index (χ2n) is 6.14. The fourth-order valence-corrected chi connectivity index (χ4v) is 2.52. The zero-order valence-electron chi connectivity index (χ0n) is 14.9. The highest BCUT2D eigenvalue weighted by Gasteiger charge is 2.29. The van der Waals surface area contributed by atoms with Crippen LogP contribution in [0.2, 0.25) is 0 Å². The minimum atomic E-state index is -4.39. The molecule has 1 aromatic heterocycles. The van der Waals surface area contributed by atoms with E-state index in [1.54, 1.807) is 11.9 Å². The van der Waals surface area contributed by atoms with E-state index in [1.807, 2.05) is 30.3 Å². The van der Waals surface area contributed by atoms with Gasteiger partial charge in [0.25, 0.3) is 5.91 Å². The van der Waals surface area contributed by atoms with E-state index >= 15 is 0 Å². The molecule has 0 aliphatic rings. The van der Waals surface area contributed by atoms with Crippen molar-refractivity contribution in [3.8, 4) is 0 Å². The monoisotopic (exact) mass is 386 g/mol. The number of nitrogens with one attached hydrogen (secondary N) is 1. The SMILES string of the molecule is CN(Cc1ccccc1)C(=O)c1cnc(Nc2ccc(C(F)(F)F)cc2)nc1. The molecular formula is C20H17F3N4O. The molecule has 0 aliphatic heterocycles. The number of carbonyl (C=O) groups excluding carboxylic acids is 1. The minimum absolute atomic E-state index is 0.182. The van der Waals surface area contributed by atoms with E-state index in [0.29, 0.717) is 17.8 Å². The number of hydrogen-bond donors (Lipinski definition) is 1. The summed E-state index contributed by atoms with van der Waals surface area (Å²) in [6.07, 6.45) is -1.63. The molecule has 0 aliphatic carbocycles. The number of rotatable bonds is 5. The molecule has 0 spiro atoms. The van der Waals surface area contributed by atoms with Crippen molar-refractivity contribution in [2.45, 2.75) is 12.7 Å². The van der Waals surface area contributed by atoms with Crippen molar-refractivity contribution < 1.29 is 18.0 Å². The molecular weight excluding hydrogens is 369 g/mol. The third-order valence-corrected chi connectivity index (χ3v) is 3.98. The Morgan fingerprint density at radius 3 is 2.18 bits per heavy atom. The Morgan fingerprint density at radius 2 is 1.61 bits per heavy atom. The third-order valence-electron chi connectivity index (χ3n) is 3.98. The van der Waals surface area contributed by atoms with Crippen LogP contribution in [0.5, 0.6) is 0 Å². The molecule has 28 heavy (non-hydrogen) atoms. The van der Waals surface area contributed by atoms with Gasteiger partial charge in [-0.15, -0.1) is 0 Å². The summed E-state index contributed by atoms with van der Waals surface area (Å²) in [6.45, 7) is 0.450. The van der Waals surface area contributed by atoms with Gasteiger partial charge in [0.1, 0.15) is 0 Å². The van der Waals surface area contributed by atoms with Crippen LogP contribution in [0.4, 0.5) is 24.8 Å². The number of amides is 1. The van der Waals surface area contributed by atoms with Crippen LogP contribution in [0.25, 0.3) is 0 Å². The number of carbonyl (C=O) groups is 1. The van der Waals surface area contributed by atoms with Gasteiger partial charge in [-0.2, -0.15) is 13.2 Å². The Kier molecular flexibility index (Phi) is 5.58. The van der Waals surface area contributed by atoms with E-state index < -0.39 is 11.7 Å². The number of benzene rings is 2. The van der Waals surface area contributed by atoms with Gasteiger partial charge in [-0.1, -0.05) is 30.3 Å². The first-order chi connectivity index (χ1) is 13.3. The molecule has 3 rings (SSSR count). The highest BCUT2D eigenvalue weighted by Crippen LogP contribution is 2.30. The molecule has 3 aromatic rings. The highest BCUT2D eigenvalue weighted by molar-refractivity contribution is 5.93. The van der Waals surface area contributed by atoms with E-state index in [0.717, 1.165) is 17.7 Å². The number of aromatic nitrogens is 2. The Hall–Kier alpha value is -3.42. The second-order valence-corrected chi connectivity index (χ2v) is 6.14. The Bertz CT molecular complexity index is 926. The van der Waals surface area contributed by atoms with Gasteiger partial charge in [-0.25, -0.2) is 9.97 Å². The number of alkyl halides is 3. The lowest BCUT2D eigenvalue weighted by Crippen LogP contribution is -2.26. The van der Waals surface area contributed by atoms with Gasteiger partial charge in [0, 0.05) is 31.7 Å². The van der Waals surface area contributed by atoms with Crippen molar-refractivity contribution in [3.05, 3.63) is 83.7 Å². The first-order valence-electron chi connectivity index (χ1n) is 8.38. The van der Waals surface area contributed by atoms with Crippen molar-refractivity contribution >= 4 is 17.5 Å². The summed E-state index contributed by atoms with van der Waals surface area (Å²) in [7, 11) is 1.68. The molecule has 0 fully saturated rings. The maximum Gasteiger partial charge on any atom is 0.416 e. The molecule has 1 heterocycles. The van der Waals surface area contributed by atoms with Crippen LogP contribution < -0.4 is 5.32 Å². The topological polar surface area (TPSA) is 58.1 Å². The molecule has 5 nitrogen and oxygen atoms in total. The molecule has 144 valence electrons. The summed E-state index contributed by atoms with van der Waals surface area (Å²) < 4.78 is 37.8. The van der Waals surface area contributed by atoms with Gasteiger partial charge in [-0.05, 0) is 29.8 Å². The molecule has 0 unspecified atom stereocenters. The highest BCUT2D eigenvalue weighted by atomic mass is 19.4. The van der Waals surface area contributed by atoms with Crippen molar-refractivity contribution in [1.29, 1.82) is 0 Å². The van der Waals surface area contributed by atoms with Gasteiger partial charge >= 0.3 is 6.18 Å². The quantitative estimate of drug-likeness (QED) is 0.701. The molecule has 0 bridgehead atoms. The average molecular weight is 386 g/mol. The lowest BCUT2D eigenvalue weighted by atomic mass is 10.2. The molecule has 0 saturated carbocycles. The van der Waals surface area contributed by atoms with Crippen molar-refractivity contribution in [2.24, 2.45) is 0 Å². The molecule has 1 N–H and O–H groups in total. The van der Waals surface area contributed by atoms with Crippen LogP contribution in [0.1, 0.15) is 21.5 Å². The van der Waals surface area contributed by atoms with E-state index in [9.17, 15) is 18.0 Å². The molecule has 0 saturated heterocycles. The summed E-state index contributed by atoms with van der Waals surface area (Å²) in [6, 6.07) is 14.1. The lowest BCUT2D eigenvalue weighted by molar-refractivity contribution is -0.137. The Morgan fingerprint density at radius 1 is 1.00 bits per heavy atom. The molecule has 8 heteroatoms. The van der Waals surface area contributed by atoms with Crippen LogP contribution in [-0.2, 0) is 12.7 Å². The van der Waals surface area contributed by atoms with Gasteiger partial charge in [-0.3, -0.25) is 4.79 Å². The van der Waals surface area contributed by atoms with Crippen molar-refractivity contribution in [1.82, 2.24) is 14.9 Å². The maximum absolute atomic E-state index is 12.6. The fraction of sp³-hybridized carbons (Fsp3) is 0.150. The van der Waals surface area contributed by atoms with Gasteiger partial charge in [0.15, 0.2) is 0 Å². The van der Waals surface area contributed by atoms with Gasteiger partial charge in [0.05, 0.1) is 11.1 Å². The second kappa shape index (κ2) is 8.08. The van der Waals surface area contributed by atoms with E-state index in [1.165, 1.54) is 24.5 Å². The number of nitrogens with zero attached hydrogens (tertiary/aromatic N) is 3. The van der Waals surface area contributed by atoms with Crippen LogP contribution in [0, 0.1) is 0 Å². The fourth-order valence-electron chi connectivity index (χ4n) is 2.52. The number of halogens is 3. The Labute approximate surface area is 159 Å². The van der Waals surface area contributed by atoms with Crippen LogP contribution >= 0.6 is 0 Å². The van der Waals surface area contributed by atoms with Crippen molar-refractivity contribution in [2.75, 3.05) is 12.4 Å². The number of anilines is 2. The standard InChI is InChI=1S/C20H17F3N4O/c1-27(13-14-5-3-2-4-6-14)18(28)15-11-24-19(25-12-15)26-17-9-7-16(8-10-17)20(21,22)23/h2-12H,13H2,1H3,(H,24,25,26). The summed E-state index contributed by atoms with van der Waals surface area (Å²) in [5, 5.41) is 2.80. The van der Waals surface area contributed by atoms with Gasteiger partial charge < -0.3 is 10.2 Å². The number of hydrogen-bond acceptors (Lipinski definition) is 4. The third kappa shape index (κ3) is 4.85. The summed E-state index contributed by atoms with van der Waals surface area (Å²) >= 11 is 0. The zero-order valence-corrected chi connectivity index (χ0v) is 14.9. The smallest absolute Gasteiger partial charge is 0.337 e. The molecule has 0 radical (unpaired) electrons. The molecule has 0 atom stereocenters. The summed E-state index contributed by atoms with van der Waals surface area (Å²) in [5.74, 6) is -0.0491. The predicted molar refractivity (Wildman–Crippen MR) is 99.0 cm³/mol. The first-order valence-corrected chi connectivity index (χ1v) is 8.38. The minimum Gasteiger partial charge on any atom is -0.337 e. The predicted octanol–water partition coefficient (Wildman–Crippen LogP) is 4.51. The van der Waals surface area contributed by atoms with E-state index in [2.05, 4.69) is 15.3 Å². The normalized spacial score (nSPS) is 11.1. The Balaban J connectivity index is 1.63. The first kappa shape index (κ1) is 19.3. The lowest BCUT2D eigenvalue weighted by Gasteiger charge is -2.17. The molecule has 2 aromatic carbocycles.